The highest BCUT2D eigenvalue weighted by Gasteiger charge is 2.33. The number of hydrogen-bond donors (Lipinski definition) is 0. The van der Waals surface area contributed by atoms with Gasteiger partial charge in [0.1, 0.15) is 37.1 Å². The topological polar surface area (TPSA) is 37.4 Å². The third-order valence-corrected chi connectivity index (χ3v) is 24.7. The largest absolute Gasteiger partial charge is 0.489 e. The van der Waals surface area contributed by atoms with Gasteiger partial charge in [-0.1, -0.05) is 364 Å². The van der Waals surface area contributed by atoms with E-state index >= 15 is 0 Å². The maximum atomic E-state index is 6.73. The van der Waals surface area contributed by atoms with E-state index in [1.807, 2.05) is 0 Å². The van der Waals surface area contributed by atoms with Crippen LogP contribution in [0.5, 0.6) is 17.2 Å². The van der Waals surface area contributed by atoms with Crippen LogP contribution in [0.2, 0.25) is 0 Å². The second-order valence-electron chi connectivity index (χ2n) is 32.1. The molecule has 0 radical (unpaired) electrons. The van der Waals surface area contributed by atoms with Crippen LogP contribution in [0.3, 0.4) is 0 Å². The fourth-order valence-corrected chi connectivity index (χ4v) is 18.6. The molecule has 0 atom stereocenters. The normalized spacial score (nSPS) is 11.5. The number of anilines is 9. The van der Waals surface area contributed by atoms with Gasteiger partial charge in [-0.2, -0.15) is 0 Å². The molecule has 0 aliphatic heterocycles. The number of nitrogens with zero attached hydrogens (tertiary/aromatic N) is 3. The maximum Gasteiger partial charge on any atom is 0.119 e. The van der Waals surface area contributed by atoms with E-state index in [1.165, 1.54) is 98.0 Å². The summed E-state index contributed by atoms with van der Waals surface area (Å²) in [4.78, 5) is 7.23. The summed E-state index contributed by atoms with van der Waals surface area (Å²) in [5.41, 5.74) is 22.9. The molecule has 0 aromatic heterocycles. The van der Waals surface area contributed by atoms with E-state index in [9.17, 15) is 0 Å². The number of rotatable bonds is 24. The van der Waals surface area contributed by atoms with Gasteiger partial charge in [-0.15, -0.1) is 0 Å². The van der Waals surface area contributed by atoms with E-state index in [2.05, 4.69) is 495 Å². The van der Waals surface area contributed by atoms with Crippen LogP contribution < -0.4 is 28.9 Å². The lowest BCUT2D eigenvalue weighted by Gasteiger charge is -2.32. The molecule has 0 saturated carbocycles. The van der Waals surface area contributed by atoms with E-state index in [4.69, 9.17) is 14.2 Å². The zero-order valence-electron chi connectivity index (χ0n) is 69.2. The van der Waals surface area contributed by atoms with Gasteiger partial charge in [-0.25, -0.2) is 0 Å². The average Bonchev–Trinajstić information content (AvgIpc) is 0.767. The average molecular weight is 1610 g/mol. The molecule has 0 amide bonds. The molecule has 21 rings (SSSR count). The summed E-state index contributed by atoms with van der Waals surface area (Å²) >= 11 is 0. The fourth-order valence-electron chi connectivity index (χ4n) is 18.6. The van der Waals surface area contributed by atoms with Gasteiger partial charge in [0.05, 0.1) is 17.1 Å². The van der Waals surface area contributed by atoms with E-state index in [1.54, 1.807) is 0 Å². The molecule has 21 aromatic rings. The predicted molar refractivity (Wildman–Crippen MR) is 523 cm³/mol. The molecule has 125 heavy (non-hydrogen) atoms. The molecule has 0 N–H and O–H groups in total. The van der Waals surface area contributed by atoms with Gasteiger partial charge in [0.2, 0.25) is 0 Å². The van der Waals surface area contributed by atoms with Crippen LogP contribution in [0.15, 0.2) is 473 Å². The van der Waals surface area contributed by atoms with Gasteiger partial charge in [0.25, 0.3) is 0 Å². The van der Waals surface area contributed by atoms with Crippen molar-refractivity contribution in [1.82, 2.24) is 0 Å². The molecule has 596 valence electrons. The minimum absolute atomic E-state index is 0.382. The molecule has 6 heteroatoms. The Morgan fingerprint density at radius 2 is 0.352 bits per heavy atom. The second-order valence-corrected chi connectivity index (χ2v) is 32.1. The summed E-state index contributed by atoms with van der Waals surface area (Å²) in [6.45, 7) is 3.46. The SMILES string of the molecule is CC(c1ccc(OCc2ccc(N(c3ccccc3)c3c4ccccc4c(-c4ccccc4)c4ccccc34)cc2)cc1)(c1ccc(OCc2ccc(N(c3ccccc3)c3c4ccccc4c(-c4ccccc4)c4ccccc34)cc2)cc1)c1ccc(OCc2ccc(N(c3ccccc3)c3c4ccccc4c(-c4ccccc4)c4ccccc34)cc2)cc1. The van der Waals surface area contributed by atoms with Gasteiger partial charge in [0, 0.05) is 71.9 Å². The third kappa shape index (κ3) is 14.7. The van der Waals surface area contributed by atoms with Crippen molar-refractivity contribution in [1.29, 1.82) is 0 Å². The Morgan fingerprint density at radius 1 is 0.176 bits per heavy atom. The number of fused-ring (bicyclic) bond motifs is 6. The molecule has 0 bridgehead atoms. The summed E-state index contributed by atoms with van der Waals surface area (Å²) in [5.74, 6) is 2.32. The van der Waals surface area contributed by atoms with Gasteiger partial charge < -0.3 is 28.9 Å². The molecule has 21 aromatic carbocycles. The lowest BCUT2D eigenvalue weighted by Crippen LogP contribution is -2.25. The molecule has 0 fully saturated rings. The summed E-state index contributed by atoms with van der Waals surface area (Å²) in [5, 5.41) is 14.3. The van der Waals surface area contributed by atoms with E-state index in [0.29, 0.717) is 19.8 Å². The highest BCUT2D eigenvalue weighted by molar-refractivity contribution is 6.25. The molecule has 0 saturated heterocycles. The van der Waals surface area contributed by atoms with Crippen LogP contribution >= 0.6 is 0 Å². The Labute approximate surface area is 729 Å². The highest BCUT2D eigenvalue weighted by Crippen LogP contribution is 2.53. The van der Waals surface area contributed by atoms with Crippen molar-refractivity contribution in [3.63, 3.8) is 0 Å². The van der Waals surface area contributed by atoms with Crippen molar-refractivity contribution in [3.05, 3.63) is 507 Å². The van der Waals surface area contributed by atoms with Crippen molar-refractivity contribution < 1.29 is 14.2 Å². The van der Waals surface area contributed by atoms with Gasteiger partial charge in [0.15, 0.2) is 0 Å². The Balaban J connectivity index is 0.566. The Morgan fingerprint density at radius 3 is 0.560 bits per heavy atom. The lowest BCUT2D eigenvalue weighted by molar-refractivity contribution is 0.306. The van der Waals surface area contributed by atoms with Crippen LogP contribution in [0.25, 0.3) is 98.0 Å². The summed E-state index contributed by atoms with van der Waals surface area (Å²) in [6, 6.07) is 170. The Bertz CT molecular complexity index is 6530. The first-order valence-electron chi connectivity index (χ1n) is 42.9. The van der Waals surface area contributed by atoms with Crippen LogP contribution in [-0.4, -0.2) is 0 Å². The van der Waals surface area contributed by atoms with Crippen molar-refractivity contribution in [3.8, 4) is 50.6 Å². The first-order valence-corrected chi connectivity index (χ1v) is 42.9. The van der Waals surface area contributed by atoms with E-state index < -0.39 is 5.41 Å². The highest BCUT2D eigenvalue weighted by atomic mass is 16.5. The number of ether oxygens (including phenoxy) is 3. The molecule has 0 spiro atoms. The van der Waals surface area contributed by atoms with Crippen molar-refractivity contribution in [2.24, 2.45) is 0 Å². The van der Waals surface area contributed by atoms with Gasteiger partial charge in [-0.3, -0.25) is 0 Å². The summed E-state index contributed by atoms with van der Waals surface area (Å²) in [7, 11) is 0. The third-order valence-electron chi connectivity index (χ3n) is 24.7. The summed E-state index contributed by atoms with van der Waals surface area (Å²) in [6.07, 6.45) is 0. The predicted octanol–water partition coefficient (Wildman–Crippen LogP) is 32.1. The molecular weight excluding hydrogens is 1520 g/mol. The first kappa shape index (κ1) is 76.4. The van der Waals surface area contributed by atoms with Crippen LogP contribution in [0.4, 0.5) is 51.2 Å². The second kappa shape index (κ2) is 33.9. The number of para-hydroxylation sites is 3. The minimum Gasteiger partial charge on any atom is -0.489 e. The molecule has 6 nitrogen and oxygen atoms in total. The zero-order valence-corrected chi connectivity index (χ0v) is 69.2. The standard InChI is InChI=1S/C119H87N3O3/c1-119(89-62-74-98(75-63-89)123-80-83-56-68-95(69-57-83)120(92-38-14-5-15-39-92)116-107-50-26-20-44-101(107)113(86-32-8-2-9-33-86)102-45-21-27-51-108(102)116,90-64-76-99(77-65-90)124-81-84-58-70-96(71-59-84)121(93-40-16-6-17-41-93)117-109-52-28-22-46-103(109)114(87-34-10-3-11-35-87)104-47-23-29-53-110(104)117)91-66-78-100(79-67-91)125-82-85-60-72-97(73-61-85)122(94-42-18-7-19-43-94)118-111-54-30-24-48-105(111)115(88-36-12-4-13-37-88)106-49-25-31-55-112(106)118/h2-79H,80-82H2,1H3. The molecule has 0 aliphatic rings. The van der Waals surface area contributed by atoms with Crippen molar-refractivity contribution in [2.45, 2.75) is 32.2 Å². The molecule has 0 heterocycles. The van der Waals surface area contributed by atoms with Gasteiger partial charge >= 0.3 is 0 Å². The zero-order chi connectivity index (χ0) is 83.4. The van der Waals surface area contributed by atoms with Crippen LogP contribution in [0.1, 0.15) is 40.3 Å². The number of benzene rings is 21. The maximum absolute atomic E-state index is 6.73. The monoisotopic (exact) mass is 1610 g/mol. The van der Waals surface area contributed by atoms with Crippen molar-refractivity contribution in [2.75, 3.05) is 14.7 Å². The number of hydrogen-bond acceptors (Lipinski definition) is 6. The molecule has 0 unspecified atom stereocenters. The fraction of sp³-hybridized carbons (Fsp3) is 0.0420. The first-order chi connectivity index (χ1) is 61.9. The Kier molecular flexibility index (Phi) is 20.7. The van der Waals surface area contributed by atoms with E-state index in [-0.39, 0.29) is 0 Å². The quantitative estimate of drug-likeness (QED) is 0.0443. The smallest absolute Gasteiger partial charge is 0.119 e. The van der Waals surface area contributed by atoms with Gasteiger partial charge in [-0.05, 0) is 215 Å². The minimum atomic E-state index is -0.632. The lowest BCUT2D eigenvalue weighted by atomic mass is 9.71. The summed E-state index contributed by atoms with van der Waals surface area (Å²) < 4.78 is 20.2. The molecular formula is C119H87N3O3. The Hall–Kier alpha value is -16.0. The molecule has 0 aliphatic carbocycles. The van der Waals surface area contributed by atoms with E-state index in [0.717, 1.165) is 102 Å². The van der Waals surface area contributed by atoms with Crippen LogP contribution in [-0.2, 0) is 25.2 Å². The van der Waals surface area contributed by atoms with Crippen molar-refractivity contribution >= 4 is 116 Å². The van der Waals surface area contributed by atoms with Crippen LogP contribution in [0, 0.1) is 0 Å².